The molecule has 1 unspecified atom stereocenters. The first-order valence-electron chi connectivity index (χ1n) is 7.97. The van der Waals surface area contributed by atoms with E-state index in [1.165, 1.54) is 7.11 Å². The number of hydrogen-bond donors (Lipinski definition) is 2. The summed E-state index contributed by atoms with van der Waals surface area (Å²) in [5, 5.41) is 12.7. The van der Waals surface area contributed by atoms with Gasteiger partial charge in [-0.3, -0.25) is 4.90 Å². The number of ether oxygens (including phenoxy) is 1. The molecule has 0 spiro atoms. The van der Waals surface area contributed by atoms with Crippen molar-refractivity contribution >= 4 is 6.03 Å². The predicted octanol–water partition coefficient (Wildman–Crippen LogP) is 2.44. The maximum absolute atomic E-state index is 12.3. The van der Waals surface area contributed by atoms with Crippen molar-refractivity contribution in [1.82, 2.24) is 15.1 Å². The zero-order chi connectivity index (χ0) is 18.4. The maximum Gasteiger partial charge on any atom is 0.317 e. The van der Waals surface area contributed by atoms with Crippen LogP contribution in [0.2, 0.25) is 0 Å². The fourth-order valence-corrected chi connectivity index (χ4v) is 2.52. The second kappa shape index (κ2) is 8.43. The Morgan fingerprint density at radius 2 is 2.08 bits per heavy atom. The van der Waals surface area contributed by atoms with E-state index in [0.29, 0.717) is 18.8 Å². The van der Waals surface area contributed by atoms with E-state index in [1.54, 1.807) is 30.3 Å². The zero-order valence-electron chi connectivity index (χ0n) is 15.0. The topological polar surface area (TPSA) is 78.2 Å². The van der Waals surface area contributed by atoms with E-state index in [9.17, 15) is 9.90 Å². The van der Waals surface area contributed by atoms with Gasteiger partial charge in [-0.2, -0.15) is 0 Å². The minimum Gasteiger partial charge on any atom is -0.504 e. The third kappa shape index (κ3) is 4.90. The van der Waals surface area contributed by atoms with Crippen LogP contribution < -0.4 is 10.1 Å². The molecule has 0 saturated heterocycles. The van der Waals surface area contributed by atoms with E-state index in [0.717, 1.165) is 11.3 Å². The van der Waals surface area contributed by atoms with Crippen molar-refractivity contribution < 1.29 is 19.1 Å². The zero-order valence-corrected chi connectivity index (χ0v) is 15.0. The summed E-state index contributed by atoms with van der Waals surface area (Å²) in [7, 11) is 7.06. The molecule has 0 aliphatic carbocycles. The van der Waals surface area contributed by atoms with Crippen molar-refractivity contribution in [2.45, 2.75) is 12.6 Å². The summed E-state index contributed by atoms with van der Waals surface area (Å²) in [5.74, 6) is 1.26. The van der Waals surface area contributed by atoms with Crippen LogP contribution >= 0.6 is 0 Å². The number of likely N-dealkylation sites (N-methyl/N-ethyl adjacent to an activating group) is 1. The van der Waals surface area contributed by atoms with Crippen molar-refractivity contribution in [3.05, 3.63) is 47.9 Å². The number of phenols is 1. The molecule has 2 aromatic rings. The highest BCUT2D eigenvalue weighted by molar-refractivity contribution is 5.73. The number of nitrogens with one attached hydrogen (secondary N) is 1. The molecule has 0 radical (unpaired) electrons. The molecule has 0 bridgehead atoms. The van der Waals surface area contributed by atoms with E-state index in [-0.39, 0.29) is 17.8 Å². The molecule has 1 aromatic carbocycles. The van der Waals surface area contributed by atoms with Crippen LogP contribution in [0.15, 0.2) is 41.0 Å². The Morgan fingerprint density at radius 3 is 2.64 bits per heavy atom. The summed E-state index contributed by atoms with van der Waals surface area (Å²) in [5.41, 5.74) is 0.811. The Hall–Kier alpha value is -2.67. The molecular formula is C18H25N3O4. The normalized spacial score (nSPS) is 12.0. The van der Waals surface area contributed by atoms with Gasteiger partial charge in [0.15, 0.2) is 11.5 Å². The second-order valence-electron chi connectivity index (χ2n) is 6.04. The van der Waals surface area contributed by atoms with Crippen molar-refractivity contribution in [2.24, 2.45) is 0 Å². The Morgan fingerprint density at radius 1 is 1.32 bits per heavy atom. The van der Waals surface area contributed by atoms with Crippen LogP contribution in [-0.2, 0) is 6.54 Å². The lowest BCUT2D eigenvalue weighted by molar-refractivity contribution is 0.197. The molecule has 1 aromatic heterocycles. The lowest BCUT2D eigenvalue weighted by Crippen LogP contribution is -2.41. The number of methoxy groups -OCH3 is 1. The van der Waals surface area contributed by atoms with E-state index in [1.807, 2.05) is 37.2 Å². The lowest BCUT2D eigenvalue weighted by atomic mass is 10.2. The first kappa shape index (κ1) is 18.7. The van der Waals surface area contributed by atoms with Gasteiger partial charge in [-0.1, -0.05) is 6.07 Å². The number of nitrogens with zero attached hydrogens (tertiary/aromatic N) is 2. The summed E-state index contributed by atoms with van der Waals surface area (Å²) in [4.78, 5) is 15.9. The summed E-state index contributed by atoms with van der Waals surface area (Å²) in [6.07, 6.45) is 1.62. The van der Waals surface area contributed by atoms with E-state index in [2.05, 4.69) is 5.32 Å². The first-order chi connectivity index (χ1) is 11.9. The van der Waals surface area contributed by atoms with Crippen LogP contribution in [0.4, 0.5) is 4.79 Å². The quantitative estimate of drug-likeness (QED) is 0.804. The molecule has 2 rings (SSSR count). The number of rotatable bonds is 7. The number of carbonyl (C=O) groups is 1. The smallest absolute Gasteiger partial charge is 0.317 e. The highest BCUT2D eigenvalue weighted by Gasteiger charge is 2.19. The molecule has 0 aliphatic heterocycles. The number of benzene rings is 1. The van der Waals surface area contributed by atoms with Crippen LogP contribution in [-0.4, -0.2) is 55.7 Å². The number of furan rings is 1. The molecule has 2 amide bonds. The monoisotopic (exact) mass is 347 g/mol. The molecule has 7 heteroatoms. The molecule has 0 aliphatic rings. The summed E-state index contributed by atoms with van der Waals surface area (Å²) in [6.45, 7) is 0.800. The van der Waals surface area contributed by atoms with Gasteiger partial charge >= 0.3 is 6.03 Å². The molecule has 1 heterocycles. The van der Waals surface area contributed by atoms with Gasteiger partial charge in [-0.15, -0.1) is 0 Å². The maximum atomic E-state index is 12.3. The molecule has 0 fully saturated rings. The minimum atomic E-state index is -0.200. The van der Waals surface area contributed by atoms with Crippen LogP contribution in [0.3, 0.4) is 0 Å². The Labute approximate surface area is 147 Å². The minimum absolute atomic E-state index is 0.0441. The predicted molar refractivity (Wildman–Crippen MR) is 94.7 cm³/mol. The van der Waals surface area contributed by atoms with Crippen LogP contribution in [0.25, 0.3) is 0 Å². The van der Waals surface area contributed by atoms with E-state index < -0.39 is 0 Å². The number of hydrogen-bond acceptors (Lipinski definition) is 5. The summed E-state index contributed by atoms with van der Waals surface area (Å²) in [6, 6.07) is 8.56. The molecule has 7 nitrogen and oxygen atoms in total. The average Bonchev–Trinajstić information content (AvgIpc) is 3.09. The largest absolute Gasteiger partial charge is 0.504 e. The average molecular weight is 347 g/mol. The van der Waals surface area contributed by atoms with Crippen LogP contribution in [0, 0.1) is 0 Å². The fourth-order valence-electron chi connectivity index (χ4n) is 2.52. The van der Waals surface area contributed by atoms with Gasteiger partial charge in [0.05, 0.1) is 19.4 Å². The molecular weight excluding hydrogens is 322 g/mol. The Kier molecular flexibility index (Phi) is 6.30. The van der Waals surface area contributed by atoms with Gasteiger partial charge < -0.3 is 24.5 Å². The third-order valence-corrected chi connectivity index (χ3v) is 3.95. The Balaban J connectivity index is 1.92. The standard InChI is InChI=1S/C18H25N3O4/c1-20(2)14(16-6-5-9-25-16)11-19-18(23)21(3)12-13-7-8-17(24-4)15(22)10-13/h5-10,14,22H,11-12H2,1-4H3,(H,19,23). The summed E-state index contributed by atoms with van der Waals surface area (Å²) < 4.78 is 10.5. The first-order valence-corrected chi connectivity index (χ1v) is 7.97. The molecule has 1 atom stereocenters. The summed E-state index contributed by atoms with van der Waals surface area (Å²) >= 11 is 0. The Bertz CT molecular complexity index is 686. The number of urea groups is 1. The van der Waals surface area contributed by atoms with Crippen LogP contribution in [0.1, 0.15) is 17.4 Å². The van der Waals surface area contributed by atoms with Crippen molar-refractivity contribution in [1.29, 1.82) is 0 Å². The van der Waals surface area contributed by atoms with Crippen molar-refractivity contribution in [3.8, 4) is 11.5 Å². The molecule has 136 valence electrons. The number of carbonyl (C=O) groups excluding carboxylic acids is 1. The van der Waals surface area contributed by atoms with E-state index >= 15 is 0 Å². The van der Waals surface area contributed by atoms with Gasteiger partial charge in [0, 0.05) is 20.1 Å². The third-order valence-electron chi connectivity index (χ3n) is 3.95. The van der Waals surface area contributed by atoms with Gasteiger partial charge in [-0.05, 0) is 43.9 Å². The number of aromatic hydroxyl groups is 1. The molecule has 0 saturated carbocycles. The number of phenolic OH excluding ortho intramolecular Hbond substituents is 1. The second-order valence-corrected chi connectivity index (χ2v) is 6.04. The molecule has 25 heavy (non-hydrogen) atoms. The van der Waals surface area contributed by atoms with Gasteiger partial charge in [0.25, 0.3) is 0 Å². The van der Waals surface area contributed by atoms with Gasteiger partial charge in [0.1, 0.15) is 5.76 Å². The highest BCUT2D eigenvalue weighted by Crippen LogP contribution is 2.26. The molecule has 2 N–H and O–H groups in total. The van der Waals surface area contributed by atoms with E-state index in [4.69, 9.17) is 9.15 Å². The van der Waals surface area contributed by atoms with Gasteiger partial charge in [-0.25, -0.2) is 4.79 Å². The lowest BCUT2D eigenvalue weighted by Gasteiger charge is -2.24. The van der Waals surface area contributed by atoms with Crippen LogP contribution in [0.5, 0.6) is 11.5 Å². The van der Waals surface area contributed by atoms with Gasteiger partial charge in [0.2, 0.25) is 0 Å². The SMILES string of the molecule is COc1ccc(CN(C)C(=O)NCC(c2ccco2)N(C)C)cc1O. The highest BCUT2D eigenvalue weighted by atomic mass is 16.5. The van der Waals surface area contributed by atoms with Crippen molar-refractivity contribution in [2.75, 3.05) is 34.8 Å². The fraction of sp³-hybridized carbons (Fsp3) is 0.389. The van der Waals surface area contributed by atoms with Crippen molar-refractivity contribution in [3.63, 3.8) is 0 Å². The number of amides is 2.